The molecule has 1 saturated carbocycles. The number of urea groups is 1. The van der Waals surface area contributed by atoms with Gasteiger partial charge in [-0.25, -0.2) is 14.2 Å². The number of carbonyl (C=O) groups is 1. The normalized spacial score (nSPS) is 22.8. The van der Waals surface area contributed by atoms with Crippen molar-refractivity contribution in [3.63, 3.8) is 0 Å². The molecule has 5 rings (SSSR count). The van der Waals surface area contributed by atoms with Crippen molar-refractivity contribution in [2.45, 2.75) is 43.9 Å². The largest absolute Gasteiger partial charge is 0.416 e. The molecule has 0 bridgehead atoms. The number of alkyl halides is 3. The Morgan fingerprint density at radius 1 is 1.25 bits per heavy atom. The predicted molar refractivity (Wildman–Crippen MR) is 106 cm³/mol. The molecule has 1 aromatic carbocycles. The summed E-state index contributed by atoms with van der Waals surface area (Å²) >= 11 is 0. The third kappa shape index (κ3) is 3.94. The zero-order chi connectivity index (χ0) is 22.5. The number of aromatic nitrogens is 3. The van der Waals surface area contributed by atoms with Gasteiger partial charge in [0, 0.05) is 55.7 Å². The molecule has 3 aliphatic rings. The summed E-state index contributed by atoms with van der Waals surface area (Å²) in [5.74, 6) is 0.161. The number of H-pyrrole nitrogens is 1. The Morgan fingerprint density at radius 2 is 2.03 bits per heavy atom. The van der Waals surface area contributed by atoms with Crippen molar-refractivity contribution in [3.05, 3.63) is 47.3 Å². The van der Waals surface area contributed by atoms with Gasteiger partial charge in [0.15, 0.2) is 0 Å². The highest BCUT2D eigenvalue weighted by Crippen LogP contribution is 2.49. The van der Waals surface area contributed by atoms with Crippen molar-refractivity contribution in [3.8, 4) is 0 Å². The number of halogens is 4. The summed E-state index contributed by atoms with van der Waals surface area (Å²) in [5.41, 5.74) is -0.652. The number of hydrogen-bond donors (Lipinski definition) is 2. The number of carbonyl (C=O) groups excluding carboxylic acids is 1. The summed E-state index contributed by atoms with van der Waals surface area (Å²) < 4.78 is 52.0. The van der Waals surface area contributed by atoms with Gasteiger partial charge in [-0.05, 0) is 31.4 Å². The second kappa shape index (κ2) is 7.72. The van der Waals surface area contributed by atoms with Crippen LogP contribution in [0.1, 0.15) is 42.1 Å². The highest BCUT2D eigenvalue weighted by atomic mass is 19.4. The van der Waals surface area contributed by atoms with Crippen LogP contribution in [0.3, 0.4) is 0 Å². The topological polar surface area (TPSA) is 77.2 Å². The summed E-state index contributed by atoms with van der Waals surface area (Å²) in [4.78, 5) is 20.7. The molecule has 2 saturated heterocycles. The van der Waals surface area contributed by atoms with E-state index in [1.165, 1.54) is 12.4 Å². The molecule has 0 radical (unpaired) electrons. The Balaban J connectivity index is 1.06. The van der Waals surface area contributed by atoms with E-state index in [0.29, 0.717) is 32.2 Å². The summed E-state index contributed by atoms with van der Waals surface area (Å²) in [6.07, 6.45) is -0.454. The molecular formula is C21H24F4N6O. The molecule has 2 aliphatic heterocycles. The van der Waals surface area contributed by atoms with E-state index in [9.17, 15) is 22.4 Å². The van der Waals surface area contributed by atoms with Crippen LogP contribution in [0.5, 0.6) is 0 Å². The van der Waals surface area contributed by atoms with E-state index in [1.807, 2.05) is 9.80 Å². The van der Waals surface area contributed by atoms with Crippen LogP contribution in [-0.2, 0) is 12.7 Å². The average molecular weight is 452 g/mol. The minimum Gasteiger partial charge on any atom is -0.324 e. The lowest BCUT2D eigenvalue weighted by Crippen LogP contribution is -2.68. The number of likely N-dealkylation sites (tertiary alicyclic amines) is 2. The quantitative estimate of drug-likeness (QED) is 0.699. The summed E-state index contributed by atoms with van der Waals surface area (Å²) in [5, 5.41) is 9.98. The van der Waals surface area contributed by atoms with Crippen LogP contribution >= 0.6 is 0 Å². The molecule has 1 aromatic heterocycles. The maximum atomic E-state index is 14.0. The minimum absolute atomic E-state index is 0.0564. The van der Waals surface area contributed by atoms with Crippen LogP contribution in [0.2, 0.25) is 0 Å². The van der Waals surface area contributed by atoms with Gasteiger partial charge >= 0.3 is 12.2 Å². The molecule has 2 aromatic rings. The molecule has 7 nitrogen and oxygen atoms in total. The highest BCUT2D eigenvalue weighted by molar-refractivity contribution is 5.76. The third-order valence-corrected chi connectivity index (χ3v) is 6.92. The third-order valence-electron chi connectivity index (χ3n) is 6.92. The van der Waals surface area contributed by atoms with Gasteiger partial charge in [0.2, 0.25) is 0 Å². The Hall–Kier alpha value is -2.69. The van der Waals surface area contributed by atoms with E-state index in [4.69, 9.17) is 0 Å². The van der Waals surface area contributed by atoms with Crippen molar-refractivity contribution in [2.24, 2.45) is 5.41 Å². The summed E-state index contributed by atoms with van der Waals surface area (Å²) in [7, 11) is 0. The fourth-order valence-electron chi connectivity index (χ4n) is 5.18. The van der Waals surface area contributed by atoms with E-state index in [0.717, 1.165) is 31.2 Å². The van der Waals surface area contributed by atoms with Crippen LogP contribution in [0.4, 0.5) is 22.4 Å². The zero-order valence-electron chi connectivity index (χ0n) is 17.3. The number of aromatic amines is 1. The van der Waals surface area contributed by atoms with Crippen LogP contribution in [0.25, 0.3) is 0 Å². The number of nitrogens with zero attached hydrogens (tertiary/aromatic N) is 4. The SMILES string of the molecule is O=C(N1CC[C@H](c2ncn[nH]2)C1)N1CC2(CC(NCc3ccc(C(F)(F)F)cc3F)C2)C1. The first-order chi connectivity index (χ1) is 15.2. The lowest BCUT2D eigenvalue weighted by atomic mass is 9.60. The lowest BCUT2D eigenvalue weighted by molar-refractivity contribution is -0.137. The summed E-state index contributed by atoms with van der Waals surface area (Å²) in [6, 6.07) is 2.87. The number of nitrogens with one attached hydrogen (secondary N) is 2. The first kappa shape index (κ1) is 21.2. The van der Waals surface area contributed by atoms with Crippen LogP contribution < -0.4 is 5.32 Å². The molecular weight excluding hydrogens is 428 g/mol. The number of benzene rings is 1. The first-order valence-corrected chi connectivity index (χ1v) is 10.7. The number of hydrogen-bond acceptors (Lipinski definition) is 4. The van der Waals surface area contributed by atoms with Gasteiger partial charge in [-0.1, -0.05) is 6.07 Å². The molecule has 11 heteroatoms. The predicted octanol–water partition coefficient (Wildman–Crippen LogP) is 3.13. The fraction of sp³-hybridized carbons (Fsp3) is 0.571. The molecule has 2 amide bonds. The van der Waals surface area contributed by atoms with E-state index in [1.54, 1.807) is 0 Å². The fourth-order valence-corrected chi connectivity index (χ4v) is 5.18. The van der Waals surface area contributed by atoms with Gasteiger partial charge in [0.1, 0.15) is 18.0 Å². The minimum atomic E-state index is -4.55. The first-order valence-electron chi connectivity index (χ1n) is 10.7. The van der Waals surface area contributed by atoms with Crippen molar-refractivity contribution < 1.29 is 22.4 Å². The molecule has 2 N–H and O–H groups in total. The molecule has 32 heavy (non-hydrogen) atoms. The maximum absolute atomic E-state index is 14.0. The molecule has 1 aliphatic carbocycles. The molecule has 0 unspecified atom stereocenters. The van der Waals surface area contributed by atoms with Gasteiger partial charge in [0.05, 0.1) is 5.56 Å². The molecule has 3 heterocycles. The Morgan fingerprint density at radius 3 is 2.69 bits per heavy atom. The van der Waals surface area contributed by atoms with Crippen molar-refractivity contribution in [1.29, 1.82) is 0 Å². The zero-order valence-corrected chi connectivity index (χ0v) is 17.3. The molecule has 3 fully saturated rings. The van der Waals surface area contributed by atoms with Crippen LogP contribution in [0, 0.1) is 11.2 Å². The monoisotopic (exact) mass is 452 g/mol. The number of amides is 2. The van der Waals surface area contributed by atoms with Crippen LogP contribution in [0.15, 0.2) is 24.5 Å². The molecule has 1 spiro atoms. The maximum Gasteiger partial charge on any atom is 0.416 e. The van der Waals surface area contributed by atoms with Gasteiger partial charge in [-0.2, -0.15) is 18.3 Å². The van der Waals surface area contributed by atoms with Gasteiger partial charge in [-0.3, -0.25) is 5.10 Å². The lowest BCUT2D eigenvalue weighted by Gasteiger charge is -2.59. The second-order valence-corrected chi connectivity index (χ2v) is 9.23. The second-order valence-electron chi connectivity index (χ2n) is 9.23. The van der Waals surface area contributed by atoms with E-state index >= 15 is 0 Å². The van der Waals surface area contributed by atoms with E-state index in [2.05, 4.69) is 20.5 Å². The van der Waals surface area contributed by atoms with Crippen molar-refractivity contribution >= 4 is 6.03 Å². The van der Waals surface area contributed by atoms with E-state index in [-0.39, 0.29) is 35.5 Å². The van der Waals surface area contributed by atoms with E-state index < -0.39 is 17.6 Å². The standard InChI is InChI=1S/C21H24F4N6O/c22-17-5-15(21(23,24)25)2-1-13(17)8-26-16-6-20(7-16)10-31(11-20)19(32)30-4-3-14(9-30)18-27-12-28-29-18/h1-2,5,12,14,16,26H,3-4,6-11H2,(H,27,28,29)/t14-/m0/s1. The number of rotatable bonds is 4. The Kier molecular flexibility index (Phi) is 5.11. The average Bonchev–Trinajstić information content (AvgIpc) is 3.37. The van der Waals surface area contributed by atoms with Gasteiger partial charge < -0.3 is 15.1 Å². The summed E-state index contributed by atoms with van der Waals surface area (Å²) in [6.45, 7) is 2.95. The van der Waals surface area contributed by atoms with Crippen LogP contribution in [-0.4, -0.2) is 63.2 Å². The van der Waals surface area contributed by atoms with Crippen molar-refractivity contribution in [1.82, 2.24) is 30.3 Å². The highest BCUT2D eigenvalue weighted by Gasteiger charge is 2.54. The molecule has 1 atom stereocenters. The van der Waals surface area contributed by atoms with Crippen molar-refractivity contribution in [2.75, 3.05) is 26.2 Å². The smallest absolute Gasteiger partial charge is 0.324 e. The Bertz CT molecular complexity index is 981. The van der Waals surface area contributed by atoms with Gasteiger partial charge in [-0.15, -0.1) is 0 Å². The Labute approximate surface area is 182 Å². The van der Waals surface area contributed by atoms with Gasteiger partial charge in [0.25, 0.3) is 0 Å². The molecule has 172 valence electrons.